The second-order valence-corrected chi connectivity index (χ2v) is 24.4. The van der Waals surface area contributed by atoms with Crippen molar-refractivity contribution in [1.29, 1.82) is 0 Å². The number of anilines is 6. The summed E-state index contributed by atoms with van der Waals surface area (Å²) in [6.07, 6.45) is 0. The molecule has 84 heavy (non-hydrogen) atoms. The van der Waals surface area contributed by atoms with Crippen LogP contribution in [0.1, 0.15) is 0 Å². The zero-order valence-corrected chi connectivity index (χ0v) is 46.8. The van der Waals surface area contributed by atoms with Gasteiger partial charge in [-0.3, -0.25) is 0 Å². The minimum atomic E-state index is 1.12. The van der Waals surface area contributed by atoms with Crippen LogP contribution < -0.4 is 9.80 Å². The number of fused-ring (bicyclic) bond motifs is 18. The average molecular weight is 1100 g/mol. The van der Waals surface area contributed by atoms with Crippen molar-refractivity contribution in [3.8, 4) is 22.3 Å². The van der Waals surface area contributed by atoms with Gasteiger partial charge in [0.1, 0.15) is 0 Å². The fourth-order valence-corrected chi connectivity index (χ4v) is 16.8. The molecule has 0 N–H and O–H groups in total. The van der Waals surface area contributed by atoms with E-state index in [2.05, 4.69) is 298 Å². The molecule has 13 aromatic carbocycles. The third kappa shape index (κ3) is 6.41. The minimum absolute atomic E-state index is 1.12. The largest absolute Gasteiger partial charge is 0.309 e. The molecule has 0 saturated heterocycles. The molecule has 0 atom stereocenters. The Labute approximate surface area is 490 Å². The fraction of sp³-hybridized carbons (Fsp3) is 0. The summed E-state index contributed by atoms with van der Waals surface area (Å²) in [7, 11) is 0. The highest BCUT2D eigenvalue weighted by atomic mass is 32.1. The lowest BCUT2D eigenvalue weighted by atomic mass is 9.96. The molecule has 0 radical (unpaired) electrons. The molecule has 390 valence electrons. The maximum absolute atomic E-state index is 2.55. The third-order valence-electron chi connectivity index (χ3n) is 18.0. The number of hydrogen-bond donors (Lipinski definition) is 0. The lowest BCUT2D eigenvalue weighted by Gasteiger charge is -2.26. The number of benzene rings is 13. The zero-order chi connectivity index (χ0) is 54.7. The lowest BCUT2D eigenvalue weighted by Crippen LogP contribution is -2.09. The van der Waals surface area contributed by atoms with Gasteiger partial charge in [-0.1, -0.05) is 182 Å². The van der Waals surface area contributed by atoms with Gasteiger partial charge in [0.25, 0.3) is 0 Å². The van der Waals surface area contributed by atoms with Gasteiger partial charge in [0, 0.05) is 96.8 Å². The van der Waals surface area contributed by atoms with Crippen LogP contribution in [-0.4, -0.2) is 8.80 Å². The van der Waals surface area contributed by atoms with Crippen LogP contribution in [0.5, 0.6) is 0 Å². The molecule has 6 aromatic heterocycles. The quantitative estimate of drug-likeness (QED) is 0.151. The third-order valence-corrected chi connectivity index (χ3v) is 20.4. The number of nitrogens with zero attached hydrogens (tertiary/aromatic N) is 4. The molecule has 0 fully saturated rings. The first-order chi connectivity index (χ1) is 41.7. The summed E-state index contributed by atoms with van der Waals surface area (Å²) >= 11 is 3.74. The number of thiophene rings is 2. The summed E-state index contributed by atoms with van der Waals surface area (Å²) < 4.78 is 10.3. The van der Waals surface area contributed by atoms with E-state index in [4.69, 9.17) is 0 Å². The second-order valence-electron chi connectivity index (χ2n) is 22.3. The normalized spacial score (nSPS) is 12.3. The van der Waals surface area contributed by atoms with Crippen molar-refractivity contribution < 1.29 is 0 Å². The average Bonchev–Trinajstić information content (AvgIpc) is 2.40. The topological polar surface area (TPSA) is 15.3 Å². The molecular weight excluding hydrogens is 1060 g/mol. The molecule has 0 aliphatic carbocycles. The summed E-state index contributed by atoms with van der Waals surface area (Å²) in [6, 6.07) is 104. The van der Waals surface area contributed by atoms with E-state index in [1.807, 2.05) is 22.7 Å². The zero-order valence-electron chi connectivity index (χ0n) is 45.2. The van der Waals surface area contributed by atoms with Crippen LogP contribution in [0.2, 0.25) is 0 Å². The first-order valence-corrected chi connectivity index (χ1v) is 30.4. The summed E-state index contributed by atoms with van der Waals surface area (Å²) in [5, 5.41) is 15.3. The van der Waals surface area contributed by atoms with E-state index >= 15 is 0 Å². The predicted molar refractivity (Wildman–Crippen MR) is 362 cm³/mol. The molecule has 0 bridgehead atoms. The van der Waals surface area contributed by atoms with Crippen molar-refractivity contribution in [3.63, 3.8) is 0 Å². The maximum Gasteiger partial charge on any atom is 0.0640 e. The van der Waals surface area contributed by atoms with E-state index in [-0.39, 0.29) is 0 Å². The van der Waals surface area contributed by atoms with Crippen molar-refractivity contribution >= 4 is 173 Å². The smallest absolute Gasteiger partial charge is 0.0640 e. The van der Waals surface area contributed by atoms with Crippen LogP contribution in [0.25, 0.3) is 139 Å². The van der Waals surface area contributed by atoms with Gasteiger partial charge in [-0.15, -0.1) is 22.7 Å². The molecule has 0 saturated carbocycles. The number of rotatable bonds is 8. The summed E-state index contributed by atoms with van der Waals surface area (Å²) in [4.78, 5) is 4.84. The number of aromatic nitrogens is 2. The molecule has 19 rings (SSSR count). The van der Waals surface area contributed by atoms with Gasteiger partial charge >= 0.3 is 0 Å². The van der Waals surface area contributed by atoms with Crippen molar-refractivity contribution in [3.05, 3.63) is 279 Å². The van der Waals surface area contributed by atoms with Crippen LogP contribution in [-0.2, 0) is 0 Å². The number of hydrogen-bond acceptors (Lipinski definition) is 4. The Morgan fingerprint density at radius 2 is 0.619 bits per heavy atom. The highest BCUT2D eigenvalue weighted by Gasteiger charge is 2.27. The first kappa shape index (κ1) is 46.1. The predicted octanol–water partition coefficient (Wildman–Crippen LogP) is 23.0. The number of para-hydroxylation sites is 4. The molecule has 0 amide bonds. The van der Waals surface area contributed by atoms with E-state index in [0.717, 1.165) is 22.7 Å². The summed E-state index contributed by atoms with van der Waals surface area (Å²) in [5.74, 6) is 0. The van der Waals surface area contributed by atoms with Gasteiger partial charge in [0.15, 0.2) is 0 Å². The molecule has 4 nitrogen and oxygen atoms in total. The van der Waals surface area contributed by atoms with Gasteiger partial charge in [0.05, 0.1) is 53.9 Å². The van der Waals surface area contributed by atoms with E-state index in [1.165, 1.54) is 150 Å². The van der Waals surface area contributed by atoms with E-state index in [9.17, 15) is 0 Å². The van der Waals surface area contributed by atoms with Crippen LogP contribution in [0.15, 0.2) is 279 Å². The highest BCUT2D eigenvalue weighted by Crippen LogP contribution is 2.51. The Bertz CT molecular complexity index is 5490. The van der Waals surface area contributed by atoms with E-state index < -0.39 is 0 Å². The first-order valence-electron chi connectivity index (χ1n) is 28.7. The summed E-state index contributed by atoms with van der Waals surface area (Å²) in [6.45, 7) is 0. The van der Waals surface area contributed by atoms with Crippen molar-refractivity contribution in [2.75, 3.05) is 9.80 Å². The standard InChI is InChI=1S/C78H46N4S2/c1-3-17-49(18-4-1)79(67-29-15-25-59-55-21-9-13-31-71(55)83-77(59)67)51-37-33-47(34-38-51)53-41-43-57-63-45-70-64(46-69(63)81-65-27-11-7-23-61(65)73(53)75(57)81)58-44-42-54(74-62-24-8-12-28-66(62)82(70)76(58)74)48-35-39-52(40-36-48)80(50-19-5-2-6-20-50)68-30-16-26-60-56-22-10-14-32-72(56)84-78(60)68/h1-46H. The lowest BCUT2D eigenvalue weighted by molar-refractivity contribution is 1.30. The maximum atomic E-state index is 2.55. The van der Waals surface area contributed by atoms with Gasteiger partial charge in [0.2, 0.25) is 0 Å². The Morgan fingerprint density at radius 1 is 0.250 bits per heavy atom. The Kier molecular flexibility index (Phi) is 9.62. The van der Waals surface area contributed by atoms with E-state index in [0.29, 0.717) is 0 Å². The van der Waals surface area contributed by atoms with Crippen molar-refractivity contribution in [2.45, 2.75) is 0 Å². The SMILES string of the molecule is c1ccc(N(c2ccc(-c3ccc4c5cc6c(cc5n5c7ccccc7c3c45)c3ccc(-c4ccc(N(c5ccccc5)c5cccc7c5sc5ccccc57)cc4)c4c5ccccc5n6c34)cc2)c2cccc3c2sc2ccccc23)cc1. The summed E-state index contributed by atoms with van der Waals surface area (Å²) in [5.41, 5.74) is 19.2. The van der Waals surface area contributed by atoms with Gasteiger partial charge < -0.3 is 18.6 Å². The molecule has 6 heteroatoms. The molecule has 0 spiro atoms. The fourth-order valence-electron chi connectivity index (χ4n) is 14.4. The second kappa shape index (κ2) is 17.5. The van der Waals surface area contributed by atoms with Gasteiger partial charge in [-0.25, -0.2) is 0 Å². The molecule has 0 aliphatic heterocycles. The van der Waals surface area contributed by atoms with E-state index in [1.54, 1.807) is 0 Å². The highest BCUT2D eigenvalue weighted by molar-refractivity contribution is 7.26. The van der Waals surface area contributed by atoms with Crippen LogP contribution in [0, 0.1) is 0 Å². The van der Waals surface area contributed by atoms with Gasteiger partial charge in [-0.2, -0.15) is 0 Å². The van der Waals surface area contributed by atoms with Gasteiger partial charge in [-0.05, 0) is 119 Å². The monoisotopic (exact) mass is 1100 g/mol. The molecule has 6 heterocycles. The van der Waals surface area contributed by atoms with Crippen LogP contribution in [0.3, 0.4) is 0 Å². The Balaban J connectivity index is 0.753. The Hall–Kier alpha value is -10.5. The molecule has 0 unspecified atom stereocenters. The van der Waals surface area contributed by atoms with Crippen molar-refractivity contribution in [2.24, 2.45) is 0 Å². The molecular formula is C78H46N4S2. The Morgan fingerprint density at radius 3 is 1.06 bits per heavy atom. The molecule has 19 aromatic rings. The van der Waals surface area contributed by atoms with Crippen molar-refractivity contribution in [1.82, 2.24) is 8.80 Å². The molecule has 0 aliphatic rings. The van der Waals surface area contributed by atoms with Crippen LogP contribution >= 0.6 is 22.7 Å². The minimum Gasteiger partial charge on any atom is -0.309 e. The van der Waals surface area contributed by atoms with Crippen LogP contribution in [0.4, 0.5) is 34.1 Å².